The fourth-order valence-electron chi connectivity index (χ4n) is 3.10. The van der Waals surface area contributed by atoms with Crippen LogP contribution in [0, 0.1) is 5.41 Å². The molecule has 1 saturated carbocycles. The van der Waals surface area contributed by atoms with Crippen LogP contribution in [0.2, 0.25) is 0 Å². The van der Waals surface area contributed by atoms with Crippen LogP contribution in [0.25, 0.3) is 0 Å². The van der Waals surface area contributed by atoms with Gasteiger partial charge in [-0.2, -0.15) is 0 Å². The second kappa shape index (κ2) is 4.49. The summed E-state index contributed by atoms with van der Waals surface area (Å²) in [5.74, 6) is -1.32. The van der Waals surface area contributed by atoms with Crippen molar-refractivity contribution in [1.29, 1.82) is 0 Å². The molecular weight excluding hydrogens is 232 g/mol. The Morgan fingerprint density at radius 1 is 1.33 bits per heavy atom. The molecule has 2 aliphatic rings. The molecule has 2 rings (SSSR count). The number of rotatable bonds is 3. The Kier molecular flexibility index (Phi) is 3.45. The van der Waals surface area contributed by atoms with Gasteiger partial charge in [-0.1, -0.05) is 13.3 Å². The maximum atomic E-state index is 11.6. The van der Waals surface area contributed by atoms with Gasteiger partial charge in [0.05, 0.1) is 12.0 Å². The highest BCUT2D eigenvalue weighted by atomic mass is 16.8. The van der Waals surface area contributed by atoms with Crippen LogP contribution in [0.3, 0.4) is 0 Å². The molecule has 0 aromatic rings. The second-order valence-electron chi connectivity index (χ2n) is 6.08. The quantitative estimate of drug-likeness (QED) is 0.843. The van der Waals surface area contributed by atoms with Crippen molar-refractivity contribution in [1.82, 2.24) is 0 Å². The van der Waals surface area contributed by atoms with Crippen molar-refractivity contribution in [2.75, 3.05) is 6.61 Å². The van der Waals surface area contributed by atoms with Crippen molar-refractivity contribution in [2.45, 2.75) is 70.7 Å². The van der Waals surface area contributed by atoms with E-state index in [-0.39, 0.29) is 0 Å². The third kappa shape index (κ3) is 1.95. The summed E-state index contributed by atoms with van der Waals surface area (Å²) in [6.07, 6.45) is 5.75. The predicted molar refractivity (Wildman–Crippen MR) is 67.3 cm³/mol. The molecule has 0 bridgehead atoms. The Hall–Kier alpha value is -0.610. The topological polar surface area (TPSA) is 55.8 Å². The average Bonchev–Trinajstić information content (AvgIpc) is 2.67. The number of carboxylic acid groups (broad SMARTS) is 1. The molecule has 1 N–H and O–H groups in total. The van der Waals surface area contributed by atoms with Gasteiger partial charge < -0.3 is 14.6 Å². The van der Waals surface area contributed by atoms with Crippen molar-refractivity contribution in [3.8, 4) is 0 Å². The molecule has 0 amide bonds. The minimum Gasteiger partial charge on any atom is -0.481 e. The number of ether oxygens (including phenoxy) is 2. The number of carboxylic acids is 1. The lowest BCUT2D eigenvalue weighted by atomic mass is 9.72. The first-order valence-electron chi connectivity index (χ1n) is 6.95. The van der Waals surface area contributed by atoms with Gasteiger partial charge in [-0.15, -0.1) is 0 Å². The van der Waals surface area contributed by atoms with Crippen LogP contribution in [0.1, 0.15) is 59.3 Å². The molecule has 0 aromatic carbocycles. The van der Waals surface area contributed by atoms with Crippen molar-refractivity contribution >= 4 is 5.97 Å². The van der Waals surface area contributed by atoms with E-state index < -0.39 is 22.8 Å². The largest absolute Gasteiger partial charge is 0.481 e. The van der Waals surface area contributed by atoms with Crippen LogP contribution in [0.4, 0.5) is 0 Å². The lowest BCUT2D eigenvalue weighted by Crippen LogP contribution is -2.52. The minimum absolute atomic E-state index is 0.379. The van der Waals surface area contributed by atoms with Crippen molar-refractivity contribution in [3.63, 3.8) is 0 Å². The van der Waals surface area contributed by atoms with Crippen LogP contribution < -0.4 is 0 Å². The van der Waals surface area contributed by atoms with E-state index in [4.69, 9.17) is 9.47 Å². The Morgan fingerprint density at radius 3 is 2.44 bits per heavy atom. The SMILES string of the molecule is CCC(C)(C(=O)O)C1(C)COC2(CCCCC2)O1. The highest BCUT2D eigenvalue weighted by Gasteiger charge is 2.59. The number of hydrogen-bond donors (Lipinski definition) is 1. The van der Waals surface area contributed by atoms with E-state index in [0.717, 1.165) is 25.7 Å². The number of aliphatic carboxylic acids is 1. The fraction of sp³-hybridized carbons (Fsp3) is 0.929. The summed E-state index contributed by atoms with van der Waals surface area (Å²) in [6, 6.07) is 0. The van der Waals surface area contributed by atoms with Gasteiger partial charge in [-0.25, -0.2) is 0 Å². The summed E-state index contributed by atoms with van der Waals surface area (Å²) in [4.78, 5) is 11.6. The number of hydrogen-bond acceptors (Lipinski definition) is 3. The summed E-state index contributed by atoms with van der Waals surface area (Å²) in [5, 5.41) is 9.51. The van der Waals surface area contributed by atoms with E-state index in [2.05, 4.69) is 0 Å². The van der Waals surface area contributed by atoms with Crippen LogP contribution in [-0.2, 0) is 14.3 Å². The van der Waals surface area contributed by atoms with Crippen LogP contribution in [0.15, 0.2) is 0 Å². The monoisotopic (exact) mass is 256 g/mol. The van der Waals surface area contributed by atoms with E-state index in [9.17, 15) is 9.90 Å². The van der Waals surface area contributed by atoms with Crippen LogP contribution >= 0.6 is 0 Å². The molecule has 2 unspecified atom stereocenters. The van der Waals surface area contributed by atoms with Gasteiger partial charge in [0, 0.05) is 12.8 Å². The van der Waals surface area contributed by atoms with Gasteiger partial charge in [-0.05, 0) is 33.1 Å². The molecule has 0 radical (unpaired) electrons. The van der Waals surface area contributed by atoms with E-state index in [1.54, 1.807) is 6.92 Å². The van der Waals surface area contributed by atoms with E-state index >= 15 is 0 Å². The molecule has 4 heteroatoms. The highest BCUT2D eigenvalue weighted by molar-refractivity contribution is 5.76. The molecule has 2 atom stereocenters. The van der Waals surface area contributed by atoms with E-state index in [0.29, 0.717) is 13.0 Å². The van der Waals surface area contributed by atoms with Crippen LogP contribution in [-0.4, -0.2) is 29.1 Å². The van der Waals surface area contributed by atoms with Crippen molar-refractivity contribution < 1.29 is 19.4 Å². The minimum atomic E-state index is -0.895. The van der Waals surface area contributed by atoms with Crippen LogP contribution in [0.5, 0.6) is 0 Å². The van der Waals surface area contributed by atoms with E-state index in [1.807, 2.05) is 13.8 Å². The highest BCUT2D eigenvalue weighted by Crippen LogP contribution is 2.49. The average molecular weight is 256 g/mol. The maximum Gasteiger partial charge on any atom is 0.312 e. The van der Waals surface area contributed by atoms with Crippen molar-refractivity contribution in [2.24, 2.45) is 5.41 Å². The van der Waals surface area contributed by atoms with Crippen molar-refractivity contribution in [3.05, 3.63) is 0 Å². The van der Waals surface area contributed by atoms with Gasteiger partial charge in [-0.3, -0.25) is 4.79 Å². The molecule has 2 fully saturated rings. The molecule has 1 aliphatic heterocycles. The molecule has 1 aliphatic carbocycles. The third-order valence-electron chi connectivity index (χ3n) is 4.98. The first kappa shape index (κ1) is 13.8. The zero-order valence-corrected chi connectivity index (χ0v) is 11.6. The molecule has 0 aromatic heterocycles. The zero-order chi connectivity index (χ0) is 13.4. The summed E-state index contributed by atoms with van der Waals surface area (Å²) in [6.45, 7) is 5.92. The molecule has 1 heterocycles. The fourth-order valence-corrected chi connectivity index (χ4v) is 3.10. The lowest BCUT2D eigenvalue weighted by molar-refractivity contribution is -0.223. The van der Waals surface area contributed by atoms with Gasteiger partial charge in [0.25, 0.3) is 0 Å². The lowest BCUT2D eigenvalue weighted by Gasteiger charge is -2.41. The molecule has 1 spiro atoms. The zero-order valence-electron chi connectivity index (χ0n) is 11.6. The molecule has 1 saturated heterocycles. The molecule has 4 nitrogen and oxygen atoms in total. The smallest absolute Gasteiger partial charge is 0.312 e. The Labute approximate surface area is 109 Å². The first-order chi connectivity index (χ1) is 8.38. The normalized spacial score (nSPS) is 34.4. The van der Waals surface area contributed by atoms with Gasteiger partial charge >= 0.3 is 5.97 Å². The molecular formula is C14H24O4. The van der Waals surface area contributed by atoms with Gasteiger partial charge in [0.2, 0.25) is 0 Å². The standard InChI is InChI=1S/C14H24O4/c1-4-12(2,11(15)16)13(3)10-17-14(18-13)8-6-5-7-9-14/h4-10H2,1-3H3,(H,15,16). The number of carbonyl (C=O) groups is 1. The Bertz CT molecular complexity index is 335. The first-order valence-corrected chi connectivity index (χ1v) is 6.95. The summed E-state index contributed by atoms with van der Waals surface area (Å²) in [5.41, 5.74) is -1.63. The second-order valence-corrected chi connectivity index (χ2v) is 6.08. The Morgan fingerprint density at radius 2 is 1.94 bits per heavy atom. The van der Waals surface area contributed by atoms with E-state index in [1.165, 1.54) is 6.42 Å². The van der Waals surface area contributed by atoms with Gasteiger partial charge in [0.15, 0.2) is 5.79 Å². The summed E-state index contributed by atoms with van der Waals surface area (Å²) >= 11 is 0. The van der Waals surface area contributed by atoms with Gasteiger partial charge in [0.1, 0.15) is 5.60 Å². The summed E-state index contributed by atoms with van der Waals surface area (Å²) in [7, 11) is 0. The molecule has 104 valence electrons. The Balaban J connectivity index is 2.21. The summed E-state index contributed by atoms with van der Waals surface area (Å²) < 4.78 is 12.1. The molecule has 18 heavy (non-hydrogen) atoms. The maximum absolute atomic E-state index is 11.6. The predicted octanol–water partition coefficient (Wildman–Crippen LogP) is 2.95. The third-order valence-corrected chi connectivity index (χ3v) is 4.98.